The number of benzene rings is 3. The third-order valence-electron chi connectivity index (χ3n) is 5.43. The molecule has 0 unspecified atom stereocenters. The van der Waals surface area contributed by atoms with Crippen LogP contribution in [-0.2, 0) is 27.8 Å². The zero-order valence-corrected chi connectivity index (χ0v) is 19.1. The molecule has 0 bridgehead atoms. The molecule has 3 aromatic carbocycles. The van der Waals surface area contributed by atoms with E-state index in [2.05, 4.69) is 10.0 Å². The van der Waals surface area contributed by atoms with E-state index in [4.69, 9.17) is 9.47 Å². The van der Waals surface area contributed by atoms with Gasteiger partial charge in [0.25, 0.3) is 0 Å². The number of aryl methyl sites for hydroxylation is 1. The van der Waals surface area contributed by atoms with Crippen molar-refractivity contribution in [2.45, 2.75) is 37.2 Å². The summed E-state index contributed by atoms with van der Waals surface area (Å²) in [4.78, 5) is 12.4. The molecule has 33 heavy (non-hydrogen) atoms. The summed E-state index contributed by atoms with van der Waals surface area (Å²) in [5, 5.41) is 2.89. The standard InChI is InChI=1S/C25H26N2O5S/c1-18(21-5-3-2-4-6-21)27-33(29,30)22-11-7-19(8-12-22)10-14-25(28)26-16-20-9-13-23-24(15-20)32-17-31-23/h2-9,11-13,15,18,27H,10,14,16-17H2,1H3,(H,26,28)/t18-/m1/s1. The first-order valence-electron chi connectivity index (χ1n) is 10.7. The molecule has 1 atom stereocenters. The van der Waals surface area contributed by atoms with Crippen molar-refractivity contribution in [3.05, 3.63) is 89.5 Å². The molecule has 4 rings (SSSR count). The van der Waals surface area contributed by atoms with E-state index in [1.54, 1.807) is 24.3 Å². The van der Waals surface area contributed by atoms with Crippen LogP contribution in [0.4, 0.5) is 0 Å². The molecule has 8 heteroatoms. The van der Waals surface area contributed by atoms with Gasteiger partial charge in [0.2, 0.25) is 22.7 Å². The largest absolute Gasteiger partial charge is 0.454 e. The second-order valence-electron chi connectivity index (χ2n) is 7.86. The van der Waals surface area contributed by atoms with Crippen molar-refractivity contribution in [3.8, 4) is 11.5 Å². The number of nitrogens with one attached hydrogen (secondary N) is 2. The first-order chi connectivity index (χ1) is 15.9. The molecule has 3 aromatic rings. The van der Waals surface area contributed by atoms with Crippen LogP contribution < -0.4 is 19.5 Å². The summed E-state index contributed by atoms with van der Waals surface area (Å²) < 4.78 is 38.7. The van der Waals surface area contributed by atoms with E-state index in [9.17, 15) is 13.2 Å². The van der Waals surface area contributed by atoms with Gasteiger partial charge in [-0.15, -0.1) is 0 Å². The summed E-state index contributed by atoms with van der Waals surface area (Å²) in [7, 11) is -3.65. The maximum Gasteiger partial charge on any atom is 0.241 e. The summed E-state index contributed by atoms with van der Waals surface area (Å²) in [6, 6.07) is 21.3. The quantitative estimate of drug-likeness (QED) is 0.502. The zero-order chi connectivity index (χ0) is 23.3. The van der Waals surface area contributed by atoms with Gasteiger partial charge in [0.05, 0.1) is 4.90 Å². The van der Waals surface area contributed by atoms with Crippen LogP contribution in [0.1, 0.15) is 36.1 Å². The Balaban J connectivity index is 1.27. The smallest absolute Gasteiger partial charge is 0.241 e. The van der Waals surface area contributed by atoms with Gasteiger partial charge in [-0.2, -0.15) is 0 Å². The molecule has 1 aliphatic rings. The molecule has 0 saturated carbocycles. The average Bonchev–Trinajstić information content (AvgIpc) is 3.30. The van der Waals surface area contributed by atoms with Crippen molar-refractivity contribution in [1.82, 2.24) is 10.0 Å². The van der Waals surface area contributed by atoms with Crippen molar-refractivity contribution >= 4 is 15.9 Å². The molecule has 0 aromatic heterocycles. The lowest BCUT2D eigenvalue weighted by Crippen LogP contribution is -2.26. The SMILES string of the molecule is C[C@@H](NS(=O)(=O)c1ccc(CCC(=O)NCc2ccc3c(c2)OCO3)cc1)c1ccccc1. The van der Waals surface area contributed by atoms with E-state index in [0.717, 1.165) is 16.7 Å². The number of sulfonamides is 1. The number of hydrogen-bond acceptors (Lipinski definition) is 5. The van der Waals surface area contributed by atoms with Crippen LogP contribution in [0.2, 0.25) is 0 Å². The molecule has 0 saturated heterocycles. The lowest BCUT2D eigenvalue weighted by molar-refractivity contribution is -0.121. The first kappa shape index (κ1) is 22.8. The van der Waals surface area contributed by atoms with Crippen LogP contribution in [0.15, 0.2) is 77.7 Å². The molecule has 2 N–H and O–H groups in total. The van der Waals surface area contributed by atoms with Crippen LogP contribution in [-0.4, -0.2) is 21.1 Å². The summed E-state index contributed by atoms with van der Waals surface area (Å²) in [6.07, 6.45) is 0.821. The fourth-order valence-electron chi connectivity index (χ4n) is 3.54. The van der Waals surface area contributed by atoms with Crippen molar-refractivity contribution in [1.29, 1.82) is 0 Å². The zero-order valence-electron chi connectivity index (χ0n) is 18.3. The number of ether oxygens (including phenoxy) is 2. The average molecular weight is 467 g/mol. The molecule has 7 nitrogen and oxygen atoms in total. The highest BCUT2D eigenvalue weighted by Crippen LogP contribution is 2.32. The van der Waals surface area contributed by atoms with Gasteiger partial charge in [0, 0.05) is 19.0 Å². The third-order valence-corrected chi connectivity index (χ3v) is 6.99. The minimum Gasteiger partial charge on any atom is -0.454 e. The van der Waals surface area contributed by atoms with Crippen molar-refractivity contribution in [2.75, 3.05) is 6.79 Å². The predicted octanol–water partition coefficient (Wildman–Crippen LogP) is 3.70. The van der Waals surface area contributed by atoms with Gasteiger partial charge in [-0.25, -0.2) is 13.1 Å². The Labute approximate surface area is 193 Å². The number of rotatable bonds is 9. The lowest BCUT2D eigenvalue weighted by atomic mass is 10.1. The monoisotopic (exact) mass is 466 g/mol. The minimum absolute atomic E-state index is 0.0808. The highest BCUT2D eigenvalue weighted by Gasteiger charge is 2.18. The molecule has 1 aliphatic heterocycles. The molecule has 1 amide bonds. The van der Waals surface area contributed by atoms with E-state index in [1.165, 1.54) is 0 Å². The molecular weight excluding hydrogens is 440 g/mol. The molecule has 1 heterocycles. The van der Waals surface area contributed by atoms with Crippen LogP contribution in [0, 0.1) is 0 Å². The topological polar surface area (TPSA) is 93.7 Å². The Morgan fingerprint density at radius 1 is 0.939 bits per heavy atom. The van der Waals surface area contributed by atoms with Crippen molar-refractivity contribution in [2.24, 2.45) is 0 Å². The van der Waals surface area contributed by atoms with Gasteiger partial charge >= 0.3 is 0 Å². The van der Waals surface area contributed by atoms with Crippen LogP contribution >= 0.6 is 0 Å². The number of carbonyl (C=O) groups is 1. The summed E-state index contributed by atoms with van der Waals surface area (Å²) >= 11 is 0. The van der Waals surface area contributed by atoms with E-state index in [-0.39, 0.29) is 23.6 Å². The number of fused-ring (bicyclic) bond motifs is 1. The van der Waals surface area contributed by atoms with Crippen LogP contribution in [0.25, 0.3) is 0 Å². The normalized spacial score (nSPS) is 13.5. The maximum atomic E-state index is 12.7. The van der Waals surface area contributed by atoms with Crippen LogP contribution in [0.3, 0.4) is 0 Å². The third kappa shape index (κ3) is 5.91. The van der Waals surface area contributed by atoms with E-state index < -0.39 is 10.0 Å². The highest BCUT2D eigenvalue weighted by atomic mass is 32.2. The maximum absolute atomic E-state index is 12.7. The first-order valence-corrected chi connectivity index (χ1v) is 12.2. The van der Waals surface area contributed by atoms with Gasteiger partial charge in [0.15, 0.2) is 11.5 Å². The Morgan fingerprint density at radius 3 is 2.39 bits per heavy atom. The van der Waals surface area contributed by atoms with Crippen molar-refractivity contribution in [3.63, 3.8) is 0 Å². The fraction of sp³-hybridized carbons (Fsp3) is 0.240. The van der Waals surface area contributed by atoms with Gasteiger partial charge in [-0.05, 0) is 54.3 Å². The predicted molar refractivity (Wildman–Crippen MR) is 124 cm³/mol. The van der Waals surface area contributed by atoms with E-state index in [1.807, 2.05) is 55.5 Å². The lowest BCUT2D eigenvalue weighted by Gasteiger charge is -2.15. The van der Waals surface area contributed by atoms with Crippen LogP contribution in [0.5, 0.6) is 11.5 Å². The summed E-state index contributed by atoms with van der Waals surface area (Å²) in [5.41, 5.74) is 2.71. The van der Waals surface area contributed by atoms with Gasteiger partial charge in [-0.3, -0.25) is 4.79 Å². The van der Waals surface area contributed by atoms with E-state index >= 15 is 0 Å². The minimum atomic E-state index is -3.65. The Hall–Kier alpha value is -3.36. The van der Waals surface area contributed by atoms with Crippen molar-refractivity contribution < 1.29 is 22.7 Å². The molecule has 172 valence electrons. The summed E-state index contributed by atoms with van der Waals surface area (Å²) in [5.74, 6) is 1.31. The molecular formula is C25H26N2O5S. The number of amides is 1. The van der Waals surface area contributed by atoms with Gasteiger partial charge < -0.3 is 14.8 Å². The highest BCUT2D eigenvalue weighted by molar-refractivity contribution is 7.89. The van der Waals surface area contributed by atoms with E-state index in [0.29, 0.717) is 30.9 Å². The Bertz CT molecular complexity index is 1210. The molecule has 0 spiro atoms. The number of hydrogen-bond donors (Lipinski definition) is 2. The second-order valence-corrected chi connectivity index (χ2v) is 9.58. The molecule has 0 fully saturated rings. The van der Waals surface area contributed by atoms with Gasteiger partial charge in [0.1, 0.15) is 0 Å². The fourth-order valence-corrected chi connectivity index (χ4v) is 4.78. The Kier molecular flexibility index (Phi) is 6.96. The van der Waals surface area contributed by atoms with Gasteiger partial charge in [-0.1, -0.05) is 48.5 Å². The Morgan fingerprint density at radius 2 is 1.64 bits per heavy atom. The second kappa shape index (κ2) is 10.1. The molecule has 0 aliphatic carbocycles. The number of carbonyl (C=O) groups excluding carboxylic acids is 1. The molecule has 0 radical (unpaired) electrons. The summed E-state index contributed by atoms with van der Waals surface area (Å²) in [6.45, 7) is 2.43.